The number of nitrogens with zero attached hydrogens (tertiary/aromatic N) is 1. The quantitative estimate of drug-likeness (QED) is 0.276. The number of ether oxygens (including phenoxy) is 4. The Bertz CT molecular complexity index is 991. The van der Waals surface area contributed by atoms with Crippen molar-refractivity contribution in [2.24, 2.45) is 0 Å². The molecule has 0 unspecified atom stereocenters. The summed E-state index contributed by atoms with van der Waals surface area (Å²) in [6.45, 7) is 0.689. The number of carbonyl (C=O) groups excluding carboxylic acids is 2. The van der Waals surface area contributed by atoms with E-state index in [4.69, 9.17) is 18.9 Å². The Morgan fingerprint density at radius 3 is 2.12 bits per heavy atom. The Morgan fingerprint density at radius 2 is 1.59 bits per heavy atom. The number of aliphatic hydroxyl groups excluding tert-OH is 1. The first-order valence-corrected chi connectivity index (χ1v) is 10.1. The molecule has 2 aromatic rings. The van der Waals surface area contributed by atoms with Crippen LogP contribution in [0.15, 0.2) is 48.0 Å². The molecule has 1 fully saturated rings. The summed E-state index contributed by atoms with van der Waals surface area (Å²) in [5.74, 6) is -0.525. The average Bonchev–Trinajstić information content (AvgIpc) is 3.08. The maximum Gasteiger partial charge on any atom is 0.295 e. The van der Waals surface area contributed by atoms with Gasteiger partial charge in [-0.25, -0.2) is 0 Å². The summed E-state index contributed by atoms with van der Waals surface area (Å²) in [6.07, 6.45) is 0.524. The van der Waals surface area contributed by atoms with Crippen molar-refractivity contribution in [3.05, 3.63) is 59.2 Å². The lowest BCUT2D eigenvalue weighted by Crippen LogP contribution is -2.31. The summed E-state index contributed by atoms with van der Waals surface area (Å²) in [4.78, 5) is 27.5. The summed E-state index contributed by atoms with van der Waals surface area (Å²) >= 11 is 0. The maximum absolute atomic E-state index is 13.1. The van der Waals surface area contributed by atoms with E-state index in [1.165, 1.54) is 26.2 Å². The van der Waals surface area contributed by atoms with E-state index in [0.29, 0.717) is 41.4 Å². The number of ketones is 1. The second-order valence-electron chi connectivity index (χ2n) is 7.16. The van der Waals surface area contributed by atoms with Crippen molar-refractivity contribution in [1.29, 1.82) is 0 Å². The number of amides is 1. The van der Waals surface area contributed by atoms with Crippen molar-refractivity contribution in [2.45, 2.75) is 12.5 Å². The molecule has 0 aliphatic carbocycles. The first-order valence-electron chi connectivity index (χ1n) is 10.1. The molecule has 1 N–H and O–H groups in total. The SMILES string of the molecule is COCCCN1C(=O)C(=O)/C(=C(/O)c2ccccc2)[C@@H]1c1cc(OC)c(OC)c(OC)c1. The third-order valence-electron chi connectivity index (χ3n) is 5.34. The molecular formula is C24H27NO7. The minimum Gasteiger partial charge on any atom is -0.507 e. The van der Waals surface area contributed by atoms with Crippen LogP contribution >= 0.6 is 0 Å². The Kier molecular flexibility index (Phi) is 7.37. The molecule has 2 aromatic carbocycles. The van der Waals surface area contributed by atoms with Gasteiger partial charge in [0.2, 0.25) is 5.75 Å². The average molecular weight is 441 g/mol. The van der Waals surface area contributed by atoms with Crippen LogP contribution in [0.25, 0.3) is 5.76 Å². The van der Waals surface area contributed by atoms with E-state index >= 15 is 0 Å². The summed E-state index contributed by atoms with van der Waals surface area (Å²) in [7, 11) is 6.04. The number of likely N-dealkylation sites (tertiary alicyclic amines) is 1. The van der Waals surface area contributed by atoms with E-state index < -0.39 is 17.7 Å². The van der Waals surface area contributed by atoms with E-state index in [1.807, 2.05) is 0 Å². The highest BCUT2D eigenvalue weighted by atomic mass is 16.5. The van der Waals surface area contributed by atoms with E-state index in [1.54, 1.807) is 49.6 Å². The Hall–Kier alpha value is -3.52. The first-order chi connectivity index (χ1) is 15.5. The largest absolute Gasteiger partial charge is 0.507 e. The van der Waals surface area contributed by atoms with Crippen LogP contribution in [-0.2, 0) is 14.3 Å². The summed E-state index contributed by atoms with van der Waals surface area (Å²) in [5, 5.41) is 11.1. The van der Waals surface area contributed by atoms with Crippen LogP contribution in [0.1, 0.15) is 23.6 Å². The standard InChI is InChI=1S/C24H27NO7/c1-29-12-8-11-25-20(16-13-17(30-2)23(32-4)18(14-16)31-3)19(22(27)24(25)28)21(26)15-9-6-5-7-10-15/h5-7,9-10,13-14,20,26H,8,11-12H2,1-4H3/b21-19+/t20-/m0/s1. The molecule has 1 amide bonds. The summed E-state index contributed by atoms with van der Waals surface area (Å²) in [5.41, 5.74) is 1.00. The molecule has 8 heteroatoms. The van der Waals surface area contributed by atoms with Gasteiger partial charge in [-0.1, -0.05) is 30.3 Å². The van der Waals surface area contributed by atoms with Gasteiger partial charge in [-0.15, -0.1) is 0 Å². The second-order valence-corrected chi connectivity index (χ2v) is 7.16. The van der Waals surface area contributed by atoms with Crippen molar-refractivity contribution in [2.75, 3.05) is 41.6 Å². The van der Waals surface area contributed by atoms with Gasteiger partial charge in [-0.3, -0.25) is 9.59 Å². The van der Waals surface area contributed by atoms with Gasteiger partial charge in [0, 0.05) is 25.8 Å². The third-order valence-corrected chi connectivity index (χ3v) is 5.34. The van der Waals surface area contributed by atoms with E-state index in [2.05, 4.69) is 0 Å². The topological polar surface area (TPSA) is 94.5 Å². The van der Waals surface area contributed by atoms with E-state index in [-0.39, 0.29) is 17.9 Å². The molecule has 1 heterocycles. The first kappa shape index (κ1) is 23.1. The van der Waals surface area contributed by atoms with Crippen LogP contribution < -0.4 is 14.2 Å². The van der Waals surface area contributed by atoms with Gasteiger partial charge in [0.05, 0.1) is 32.9 Å². The zero-order valence-corrected chi connectivity index (χ0v) is 18.6. The summed E-state index contributed by atoms with van der Waals surface area (Å²) in [6, 6.07) is 11.2. The number of benzene rings is 2. The molecule has 1 atom stereocenters. The highest BCUT2D eigenvalue weighted by Crippen LogP contribution is 2.45. The van der Waals surface area contributed by atoms with Gasteiger partial charge in [-0.05, 0) is 24.1 Å². The maximum atomic E-state index is 13.1. The van der Waals surface area contributed by atoms with Crippen molar-refractivity contribution < 1.29 is 33.6 Å². The van der Waals surface area contributed by atoms with Crippen LogP contribution in [0.4, 0.5) is 0 Å². The van der Waals surface area contributed by atoms with Gasteiger partial charge in [0.15, 0.2) is 11.5 Å². The minimum absolute atomic E-state index is 0.00731. The molecule has 170 valence electrons. The van der Waals surface area contributed by atoms with Crippen LogP contribution in [-0.4, -0.2) is 63.3 Å². The number of methoxy groups -OCH3 is 4. The molecule has 0 spiro atoms. The fourth-order valence-corrected chi connectivity index (χ4v) is 3.85. The number of Topliss-reactive ketones (excluding diaryl/α,β-unsaturated/α-hetero) is 1. The smallest absolute Gasteiger partial charge is 0.295 e. The monoisotopic (exact) mass is 441 g/mol. The van der Waals surface area contributed by atoms with Crippen LogP contribution in [0, 0.1) is 0 Å². The molecule has 3 rings (SSSR count). The lowest BCUT2D eigenvalue weighted by Gasteiger charge is -2.26. The highest BCUT2D eigenvalue weighted by molar-refractivity contribution is 6.46. The number of hydrogen-bond donors (Lipinski definition) is 1. The molecule has 0 bridgehead atoms. The van der Waals surface area contributed by atoms with Gasteiger partial charge in [0.1, 0.15) is 5.76 Å². The minimum atomic E-state index is -0.833. The van der Waals surface area contributed by atoms with Gasteiger partial charge in [-0.2, -0.15) is 0 Å². The second kappa shape index (κ2) is 10.2. The molecule has 32 heavy (non-hydrogen) atoms. The van der Waals surface area contributed by atoms with Gasteiger partial charge in [0.25, 0.3) is 11.7 Å². The number of aliphatic hydroxyl groups is 1. The number of rotatable bonds is 9. The zero-order valence-electron chi connectivity index (χ0n) is 18.6. The fraction of sp³-hybridized carbons (Fsp3) is 0.333. The lowest BCUT2D eigenvalue weighted by atomic mass is 9.94. The van der Waals surface area contributed by atoms with E-state index in [9.17, 15) is 14.7 Å². The zero-order chi connectivity index (χ0) is 23.3. The Labute approximate surface area is 187 Å². The predicted molar refractivity (Wildman–Crippen MR) is 118 cm³/mol. The molecule has 1 aliphatic rings. The molecule has 1 saturated heterocycles. The molecular weight excluding hydrogens is 414 g/mol. The van der Waals surface area contributed by atoms with Crippen LogP contribution in [0.3, 0.4) is 0 Å². The van der Waals surface area contributed by atoms with E-state index in [0.717, 1.165) is 0 Å². The number of hydrogen-bond acceptors (Lipinski definition) is 7. The van der Waals surface area contributed by atoms with Crippen LogP contribution in [0.5, 0.6) is 17.2 Å². The molecule has 0 aromatic heterocycles. The predicted octanol–water partition coefficient (Wildman–Crippen LogP) is 3.17. The third kappa shape index (κ3) is 4.27. The Balaban J connectivity index is 2.22. The van der Waals surface area contributed by atoms with Crippen molar-refractivity contribution in [3.8, 4) is 17.2 Å². The van der Waals surface area contributed by atoms with Gasteiger partial charge < -0.3 is 29.0 Å². The highest BCUT2D eigenvalue weighted by Gasteiger charge is 2.46. The molecule has 8 nitrogen and oxygen atoms in total. The van der Waals surface area contributed by atoms with Crippen molar-refractivity contribution in [3.63, 3.8) is 0 Å². The van der Waals surface area contributed by atoms with Gasteiger partial charge >= 0.3 is 0 Å². The molecule has 0 saturated carbocycles. The van der Waals surface area contributed by atoms with Crippen LogP contribution in [0.2, 0.25) is 0 Å². The Morgan fingerprint density at radius 1 is 0.969 bits per heavy atom. The summed E-state index contributed by atoms with van der Waals surface area (Å²) < 4.78 is 21.4. The molecule has 1 aliphatic heterocycles. The normalized spacial score (nSPS) is 17.5. The lowest BCUT2D eigenvalue weighted by molar-refractivity contribution is -0.140. The fourth-order valence-electron chi connectivity index (χ4n) is 3.85. The number of carbonyl (C=O) groups is 2. The van der Waals surface area contributed by atoms with Crippen molar-refractivity contribution >= 4 is 17.4 Å². The van der Waals surface area contributed by atoms with Crippen molar-refractivity contribution in [1.82, 2.24) is 4.90 Å². The molecule has 0 radical (unpaired) electrons.